The zero-order valence-electron chi connectivity index (χ0n) is 7.71. The topological polar surface area (TPSA) is 20.3 Å². The molecule has 0 atom stereocenters. The minimum Gasteiger partial charge on any atom is -0.299 e. The van der Waals surface area contributed by atoms with E-state index in [1.165, 1.54) is 11.3 Å². The molecule has 0 aliphatic heterocycles. The van der Waals surface area contributed by atoms with Crippen molar-refractivity contribution >= 4 is 28.7 Å². The molecule has 1 heterocycles. The average Bonchev–Trinajstić information content (AvgIpc) is 2.51. The van der Waals surface area contributed by atoms with Crippen molar-refractivity contribution in [3.05, 3.63) is 21.3 Å². The maximum atomic E-state index is 11.5. The second-order valence-electron chi connectivity index (χ2n) is 2.86. The van der Waals surface area contributed by atoms with Gasteiger partial charge in [0.1, 0.15) is 0 Å². The van der Waals surface area contributed by atoms with Crippen LogP contribution in [0.4, 0.5) is 0 Å². The highest BCUT2D eigenvalue weighted by molar-refractivity contribution is 7.18. The highest BCUT2D eigenvalue weighted by Gasteiger charge is 2.10. The molecule has 1 aromatic heterocycles. The lowest BCUT2D eigenvalue weighted by atomic mass is 10.3. The maximum Gasteiger partial charge on any atom is 0.186 e. The molecule has 0 spiro atoms. The van der Waals surface area contributed by atoms with Crippen LogP contribution in [0, 0.1) is 0 Å². The van der Waals surface area contributed by atoms with Gasteiger partial charge in [-0.05, 0) is 25.7 Å². The number of carbonyl (C=O) groups excluding carboxylic acids is 1. The largest absolute Gasteiger partial charge is 0.299 e. The zero-order chi connectivity index (χ0) is 9.84. The van der Waals surface area contributed by atoms with Crippen LogP contribution < -0.4 is 0 Å². The van der Waals surface area contributed by atoms with E-state index in [1.54, 1.807) is 12.1 Å². The van der Waals surface area contributed by atoms with Crippen molar-refractivity contribution in [1.29, 1.82) is 0 Å². The van der Waals surface area contributed by atoms with Crippen molar-refractivity contribution in [2.45, 2.75) is 6.92 Å². The number of likely N-dealkylation sites (N-methyl/N-ethyl adjacent to an activating group) is 1. The molecule has 0 aliphatic carbocycles. The van der Waals surface area contributed by atoms with E-state index in [0.29, 0.717) is 10.9 Å². The minimum absolute atomic E-state index is 0.140. The standard InChI is InChI=1S/C9H12ClNOS/c1-3-11(2)6-7(12)8-4-5-9(10)13-8/h4-5H,3,6H2,1-2H3. The average molecular weight is 218 g/mol. The van der Waals surface area contributed by atoms with Crippen LogP contribution in [-0.4, -0.2) is 30.8 Å². The Morgan fingerprint density at radius 2 is 2.31 bits per heavy atom. The highest BCUT2D eigenvalue weighted by Crippen LogP contribution is 2.21. The van der Waals surface area contributed by atoms with Gasteiger partial charge in [0.15, 0.2) is 5.78 Å². The Labute approximate surface area is 87.1 Å². The monoisotopic (exact) mass is 217 g/mol. The van der Waals surface area contributed by atoms with E-state index in [9.17, 15) is 4.79 Å². The van der Waals surface area contributed by atoms with Crippen molar-refractivity contribution in [2.24, 2.45) is 0 Å². The Hall–Kier alpha value is -0.380. The molecule has 2 nitrogen and oxygen atoms in total. The van der Waals surface area contributed by atoms with Gasteiger partial charge in [0.25, 0.3) is 0 Å². The molecule has 0 saturated carbocycles. The highest BCUT2D eigenvalue weighted by atomic mass is 35.5. The Kier molecular flexibility index (Phi) is 3.90. The van der Waals surface area contributed by atoms with Crippen LogP contribution in [0.3, 0.4) is 0 Å². The first kappa shape index (κ1) is 10.7. The van der Waals surface area contributed by atoms with Gasteiger partial charge >= 0.3 is 0 Å². The van der Waals surface area contributed by atoms with Crippen molar-refractivity contribution in [1.82, 2.24) is 4.90 Å². The smallest absolute Gasteiger partial charge is 0.186 e. The van der Waals surface area contributed by atoms with E-state index in [4.69, 9.17) is 11.6 Å². The summed E-state index contributed by atoms with van der Waals surface area (Å²) in [6, 6.07) is 3.53. The summed E-state index contributed by atoms with van der Waals surface area (Å²) in [5, 5.41) is 0. The molecule has 4 heteroatoms. The molecular weight excluding hydrogens is 206 g/mol. The van der Waals surface area contributed by atoms with Crippen molar-refractivity contribution in [3.8, 4) is 0 Å². The number of thiophene rings is 1. The molecule has 0 bridgehead atoms. The van der Waals surface area contributed by atoms with Crippen LogP contribution in [0.25, 0.3) is 0 Å². The minimum atomic E-state index is 0.140. The predicted molar refractivity (Wildman–Crippen MR) is 56.8 cm³/mol. The van der Waals surface area contributed by atoms with E-state index in [0.717, 1.165) is 11.4 Å². The number of ketones is 1. The molecular formula is C9H12ClNOS. The first-order valence-corrected chi connectivity index (χ1v) is 5.30. The fraction of sp³-hybridized carbons (Fsp3) is 0.444. The lowest BCUT2D eigenvalue weighted by Gasteiger charge is -2.11. The summed E-state index contributed by atoms with van der Waals surface area (Å²) in [4.78, 5) is 14.2. The number of halogens is 1. The summed E-state index contributed by atoms with van der Waals surface area (Å²) in [6.45, 7) is 3.37. The van der Waals surface area contributed by atoms with Crippen LogP contribution in [0.15, 0.2) is 12.1 Å². The molecule has 1 rings (SSSR count). The molecule has 0 aliphatic rings. The lowest BCUT2D eigenvalue weighted by molar-refractivity contribution is 0.0953. The van der Waals surface area contributed by atoms with E-state index < -0.39 is 0 Å². The number of carbonyl (C=O) groups is 1. The van der Waals surface area contributed by atoms with Gasteiger partial charge in [0.05, 0.1) is 15.8 Å². The van der Waals surface area contributed by atoms with Gasteiger partial charge < -0.3 is 0 Å². The number of rotatable bonds is 4. The molecule has 13 heavy (non-hydrogen) atoms. The third-order valence-corrected chi connectivity index (χ3v) is 3.07. The first-order chi connectivity index (χ1) is 6.13. The SMILES string of the molecule is CCN(C)CC(=O)c1ccc(Cl)s1. The molecule has 0 saturated heterocycles. The zero-order valence-corrected chi connectivity index (χ0v) is 9.28. The van der Waals surface area contributed by atoms with E-state index >= 15 is 0 Å². The van der Waals surface area contributed by atoms with E-state index in [2.05, 4.69) is 0 Å². The normalized spacial score (nSPS) is 10.8. The van der Waals surface area contributed by atoms with Crippen LogP contribution in [0.1, 0.15) is 16.6 Å². The quantitative estimate of drug-likeness (QED) is 0.723. The van der Waals surface area contributed by atoms with Gasteiger partial charge in [-0.25, -0.2) is 0 Å². The van der Waals surface area contributed by atoms with Gasteiger partial charge in [-0.2, -0.15) is 0 Å². The number of nitrogens with zero attached hydrogens (tertiary/aromatic N) is 1. The summed E-state index contributed by atoms with van der Waals surface area (Å²) in [5.41, 5.74) is 0. The van der Waals surface area contributed by atoms with Crippen LogP contribution in [0.5, 0.6) is 0 Å². The summed E-state index contributed by atoms with van der Waals surface area (Å²) >= 11 is 7.07. The summed E-state index contributed by atoms with van der Waals surface area (Å²) in [6.07, 6.45) is 0. The summed E-state index contributed by atoms with van der Waals surface area (Å²) < 4.78 is 0.669. The Balaban J connectivity index is 2.58. The van der Waals surface area contributed by atoms with Crippen molar-refractivity contribution < 1.29 is 4.79 Å². The van der Waals surface area contributed by atoms with Gasteiger partial charge in [-0.1, -0.05) is 18.5 Å². The van der Waals surface area contributed by atoms with Gasteiger partial charge in [-0.3, -0.25) is 9.69 Å². The number of hydrogen-bond donors (Lipinski definition) is 0. The third kappa shape index (κ3) is 3.10. The van der Waals surface area contributed by atoms with Crippen LogP contribution >= 0.6 is 22.9 Å². The molecule has 0 unspecified atom stereocenters. The lowest BCUT2D eigenvalue weighted by Crippen LogP contribution is -2.25. The van der Waals surface area contributed by atoms with E-state index in [-0.39, 0.29) is 5.78 Å². The van der Waals surface area contributed by atoms with Gasteiger partial charge in [-0.15, -0.1) is 11.3 Å². The number of hydrogen-bond acceptors (Lipinski definition) is 3. The maximum absolute atomic E-state index is 11.5. The Bertz CT molecular complexity index is 298. The van der Waals surface area contributed by atoms with Crippen molar-refractivity contribution in [3.63, 3.8) is 0 Å². The molecule has 0 aromatic carbocycles. The molecule has 72 valence electrons. The van der Waals surface area contributed by atoms with Gasteiger partial charge in [0, 0.05) is 0 Å². The molecule has 0 N–H and O–H groups in total. The molecule has 0 amide bonds. The Morgan fingerprint density at radius 1 is 1.62 bits per heavy atom. The molecule has 0 radical (unpaired) electrons. The summed E-state index contributed by atoms with van der Waals surface area (Å²) in [5.74, 6) is 0.140. The van der Waals surface area contributed by atoms with Crippen LogP contribution in [-0.2, 0) is 0 Å². The molecule has 0 fully saturated rings. The first-order valence-electron chi connectivity index (χ1n) is 4.10. The fourth-order valence-corrected chi connectivity index (χ4v) is 1.87. The van der Waals surface area contributed by atoms with E-state index in [1.807, 2.05) is 18.9 Å². The molecule has 1 aromatic rings. The second kappa shape index (κ2) is 4.74. The third-order valence-electron chi connectivity index (χ3n) is 1.80. The van der Waals surface area contributed by atoms with Gasteiger partial charge in [0.2, 0.25) is 0 Å². The number of Topliss-reactive ketones (excluding diaryl/α,β-unsaturated/α-hetero) is 1. The Morgan fingerprint density at radius 3 is 2.77 bits per heavy atom. The fourth-order valence-electron chi connectivity index (χ4n) is 0.899. The predicted octanol–water partition coefficient (Wildman–Crippen LogP) is 2.54. The van der Waals surface area contributed by atoms with Crippen molar-refractivity contribution in [2.75, 3.05) is 20.1 Å². The summed E-state index contributed by atoms with van der Waals surface area (Å²) in [7, 11) is 1.92. The second-order valence-corrected chi connectivity index (χ2v) is 4.57. The van der Waals surface area contributed by atoms with Crippen LogP contribution in [0.2, 0.25) is 4.34 Å².